The number of sulfone groups is 1. The van der Waals surface area contributed by atoms with Gasteiger partial charge in [0.2, 0.25) is 0 Å². The first-order valence-corrected chi connectivity index (χ1v) is 6.47. The highest BCUT2D eigenvalue weighted by molar-refractivity contribution is 7.93. The molecule has 0 spiro atoms. The lowest BCUT2D eigenvalue weighted by molar-refractivity contribution is 0.133. The molecule has 1 heterocycles. The maximum atomic E-state index is 11.1. The molecule has 5 heteroatoms. The van der Waals surface area contributed by atoms with Gasteiger partial charge in [-0.25, -0.2) is 8.42 Å². The summed E-state index contributed by atoms with van der Waals surface area (Å²) in [6.07, 6.45) is 0. The largest absolute Gasteiger partial charge is 0.329 e. The smallest absolute Gasteiger partial charge is 0.154 e. The lowest BCUT2D eigenvalue weighted by Crippen LogP contribution is -2.69. The Morgan fingerprint density at radius 3 is 2.00 bits per heavy atom. The van der Waals surface area contributed by atoms with Crippen LogP contribution in [0.25, 0.3) is 0 Å². The lowest BCUT2D eigenvalue weighted by Gasteiger charge is -2.48. The van der Waals surface area contributed by atoms with Crippen LogP contribution in [0.3, 0.4) is 0 Å². The zero-order valence-electron chi connectivity index (χ0n) is 8.28. The van der Waals surface area contributed by atoms with Gasteiger partial charge in [0.1, 0.15) is 0 Å². The third-order valence-electron chi connectivity index (χ3n) is 2.79. The number of nitrogens with two attached hydrogens (primary N) is 1. The van der Waals surface area contributed by atoms with E-state index < -0.39 is 9.84 Å². The molecule has 4 nitrogen and oxygen atoms in total. The minimum atomic E-state index is -2.79. The van der Waals surface area contributed by atoms with Crippen molar-refractivity contribution in [3.8, 4) is 0 Å². The van der Waals surface area contributed by atoms with Gasteiger partial charge in [-0.15, -0.1) is 0 Å². The second kappa shape index (κ2) is 3.55. The molecular formula is C8H18N2O2S. The molecule has 0 aromatic carbocycles. The molecule has 78 valence electrons. The molecule has 1 aliphatic heterocycles. The molecule has 2 N–H and O–H groups in total. The van der Waals surface area contributed by atoms with Crippen molar-refractivity contribution < 1.29 is 8.42 Å². The molecule has 1 fully saturated rings. The Morgan fingerprint density at radius 2 is 1.77 bits per heavy atom. The van der Waals surface area contributed by atoms with E-state index in [1.54, 1.807) is 0 Å². The van der Waals surface area contributed by atoms with Crippen LogP contribution in [0, 0.1) is 0 Å². The normalized spacial score (nSPS) is 24.3. The van der Waals surface area contributed by atoms with Crippen molar-refractivity contribution >= 4 is 9.84 Å². The van der Waals surface area contributed by atoms with Crippen LogP contribution in [0.4, 0.5) is 0 Å². The van der Waals surface area contributed by atoms with Gasteiger partial charge in [-0.2, -0.15) is 0 Å². The summed E-state index contributed by atoms with van der Waals surface area (Å²) in [4.78, 5) is 2.15. The predicted octanol–water partition coefficient (Wildman–Crippen LogP) is -0.546. The zero-order valence-corrected chi connectivity index (χ0v) is 9.10. The highest BCUT2D eigenvalue weighted by atomic mass is 32.2. The Kier molecular flexibility index (Phi) is 2.99. The summed E-state index contributed by atoms with van der Waals surface area (Å²) >= 11 is 0. The van der Waals surface area contributed by atoms with Crippen molar-refractivity contribution in [2.24, 2.45) is 5.73 Å². The number of rotatable bonds is 4. The molecule has 1 rings (SSSR count). The van der Waals surface area contributed by atoms with Crippen molar-refractivity contribution in [2.75, 3.05) is 31.1 Å². The van der Waals surface area contributed by atoms with E-state index in [4.69, 9.17) is 5.73 Å². The van der Waals surface area contributed by atoms with Gasteiger partial charge in [-0.05, 0) is 13.1 Å². The first kappa shape index (κ1) is 10.9. The fourth-order valence-electron chi connectivity index (χ4n) is 2.10. The van der Waals surface area contributed by atoms with E-state index >= 15 is 0 Å². The number of hydrogen-bond acceptors (Lipinski definition) is 4. The minimum absolute atomic E-state index is 0.234. The first-order chi connectivity index (χ1) is 5.99. The summed E-state index contributed by atoms with van der Waals surface area (Å²) in [6.45, 7) is 6.23. The van der Waals surface area contributed by atoms with E-state index in [-0.39, 0.29) is 17.0 Å². The van der Waals surface area contributed by atoms with Crippen molar-refractivity contribution in [3.05, 3.63) is 0 Å². The van der Waals surface area contributed by atoms with Gasteiger partial charge in [-0.1, -0.05) is 13.8 Å². The zero-order chi connectivity index (χ0) is 10.1. The maximum absolute atomic E-state index is 11.1. The lowest BCUT2D eigenvalue weighted by atomic mass is 10.0. The van der Waals surface area contributed by atoms with Gasteiger partial charge < -0.3 is 5.73 Å². The van der Waals surface area contributed by atoms with Crippen molar-refractivity contribution in [1.82, 2.24) is 4.90 Å². The molecule has 1 saturated heterocycles. The van der Waals surface area contributed by atoms with Gasteiger partial charge >= 0.3 is 0 Å². The predicted molar refractivity (Wildman–Crippen MR) is 53.4 cm³/mol. The first-order valence-electron chi connectivity index (χ1n) is 4.65. The SMILES string of the molecule is CCN(CC)C1(CN)CS(=O)(=O)C1. The summed E-state index contributed by atoms with van der Waals surface area (Å²) in [5, 5.41) is 0. The van der Waals surface area contributed by atoms with Crippen LogP contribution >= 0.6 is 0 Å². The summed E-state index contributed by atoms with van der Waals surface area (Å²) < 4.78 is 22.2. The molecule has 0 saturated carbocycles. The Labute approximate surface area is 80.0 Å². The second-order valence-electron chi connectivity index (χ2n) is 3.63. The summed E-state index contributed by atoms with van der Waals surface area (Å²) in [5.74, 6) is 0.469. The van der Waals surface area contributed by atoms with E-state index in [0.29, 0.717) is 6.54 Å². The second-order valence-corrected chi connectivity index (χ2v) is 5.70. The monoisotopic (exact) mass is 206 g/mol. The Balaban J connectivity index is 2.74. The third kappa shape index (κ3) is 1.87. The van der Waals surface area contributed by atoms with E-state index in [0.717, 1.165) is 13.1 Å². The molecule has 0 aliphatic carbocycles. The Hall–Kier alpha value is -0.130. The number of nitrogens with zero attached hydrogens (tertiary/aromatic N) is 1. The molecule has 13 heavy (non-hydrogen) atoms. The van der Waals surface area contributed by atoms with Crippen molar-refractivity contribution in [1.29, 1.82) is 0 Å². The minimum Gasteiger partial charge on any atom is -0.329 e. The van der Waals surface area contributed by atoms with Crippen LogP contribution in [-0.4, -0.2) is 50.0 Å². The third-order valence-corrected chi connectivity index (χ3v) is 4.75. The van der Waals surface area contributed by atoms with Crippen LogP contribution in [-0.2, 0) is 9.84 Å². The molecule has 0 radical (unpaired) electrons. The number of hydrogen-bond donors (Lipinski definition) is 1. The molecular weight excluding hydrogens is 188 g/mol. The van der Waals surface area contributed by atoms with E-state index in [1.807, 2.05) is 13.8 Å². The van der Waals surface area contributed by atoms with Crippen LogP contribution in [0.15, 0.2) is 0 Å². The molecule has 0 aromatic rings. The van der Waals surface area contributed by atoms with Gasteiger partial charge in [0.25, 0.3) is 0 Å². The molecule has 0 unspecified atom stereocenters. The fourth-order valence-corrected chi connectivity index (χ4v) is 4.25. The van der Waals surface area contributed by atoms with Gasteiger partial charge in [0, 0.05) is 6.54 Å². The quantitative estimate of drug-likeness (QED) is 0.670. The molecule has 0 atom stereocenters. The van der Waals surface area contributed by atoms with Gasteiger partial charge in [0.15, 0.2) is 9.84 Å². The molecule has 0 amide bonds. The van der Waals surface area contributed by atoms with Crippen LogP contribution < -0.4 is 5.73 Å². The van der Waals surface area contributed by atoms with Crippen LogP contribution in [0.5, 0.6) is 0 Å². The standard InChI is InChI=1S/C8H18N2O2S/c1-3-10(4-2)8(5-9)6-13(11,12)7-8/h3-7,9H2,1-2H3. The van der Waals surface area contributed by atoms with E-state index in [1.165, 1.54) is 0 Å². The van der Waals surface area contributed by atoms with Crippen molar-refractivity contribution in [3.63, 3.8) is 0 Å². The average molecular weight is 206 g/mol. The molecule has 0 aromatic heterocycles. The van der Waals surface area contributed by atoms with E-state index in [9.17, 15) is 8.42 Å². The topological polar surface area (TPSA) is 63.4 Å². The van der Waals surface area contributed by atoms with E-state index in [2.05, 4.69) is 4.90 Å². The summed E-state index contributed by atoms with van der Waals surface area (Å²) in [7, 11) is -2.79. The maximum Gasteiger partial charge on any atom is 0.154 e. The molecule has 0 bridgehead atoms. The average Bonchev–Trinajstić information content (AvgIpc) is 2.02. The van der Waals surface area contributed by atoms with Crippen LogP contribution in [0.1, 0.15) is 13.8 Å². The summed E-state index contributed by atoms with van der Waals surface area (Å²) in [6, 6.07) is 0. The highest BCUT2D eigenvalue weighted by Gasteiger charge is 2.50. The Morgan fingerprint density at radius 1 is 1.31 bits per heavy atom. The Bertz CT molecular complexity index is 258. The van der Waals surface area contributed by atoms with Gasteiger partial charge in [0.05, 0.1) is 17.0 Å². The molecule has 1 aliphatic rings. The summed E-state index contributed by atoms with van der Waals surface area (Å²) in [5.41, 5.74) is 5.37. The fraction of sp³-hybridized carbons (Fsp3) is 1.00. The number of likely N-dealkylation sites (N-methyl/N-ethyl adjacent to an activating group) is 1. The van der Waals surface area contributed by atoms with Crippen molar-refractivity contribution in [2.45, 2.75) is 19.4 Å². The van der Waals surface area contributed by atoms with Crippen LogP contribution in [0.2, 0.25) is 0 Å². The highest BCUT2D eigenvalue weighted by Crippen LogP contribution is 2.28. The van der Waals surface area contributed by atoms with Gasteiger partial charge in [-0.3, -0.25) is 4.90 Å².